The Hall–Kier alpha value is -1.35. The molecule has 2 aromatic rings. The molecule has 0 aliphatic rings. The number of benzene rings is 1. The van der Waals surface area contributed by atoms with Crippen molar-refractivity contribution < 1.29 is 4.39 Å². The van der Waals surface area contributed by atoms with Gasteiger partial charge in [0.1, 0.15) is 0 Å². The van der Waals surface area contributed by atoms with Gasteiger partial charge in [-0.25, -0.2) is 4.39 Å². The third-order valence-corrected chi connectivity index (χ3v) is 2.88. The quantitative estimate of drug-likeness (QED) is 0.815. The third kappa shape index (κ3) is 1.61. The lowest BCUT2D eigenvalue weighted by Gasteiger charge is -2.06. The molecule has 0 atom stereocenters. The average molecular weight is 240 g/mol. The van der Waals surface area contributed by atoms with Gasteiger partial charge in [-0.1, -0.05) is 18.5 Å². The second-order valence-corrected chi connectivity index (χ2v) is 4.18. The highest BCUT2D eigenvalue weighted by molar-refractivity contribution is 6.35. The normalized spacial score (nSPS) is 11.0. The fourth-order valence-corrected chi connectivity index (χ4v) is 2.17. The van der Waals surface area contributed by atoms with E-state index in [1.807, 2.05) is 6.92 Å². The van der Waals surface area contributed by atoms with Gasteiger partial charge in [-0.2, -0.15) is 0 Å². The SMILES string of the molecule is CCc1[nH]c(=O)c2c(Cl)cc(C)cc2c1F. The van der Waals surface area contributed by atoms with E-state index in [4.69, 9.17) is 11.6 Å². The highest BCUT2D eigenvalue weighted by Crippen LogP contribution is 2.25. The third-order valence-electron chi connectivity index (χ3n) is 2.58. The summed E-state index contributed by atoms with van der Waals surface area (Å²) in [5.74, 6) is -0.386. The first-order valence-electron chi connectivity index (χ1n) is 5.05. The molecule has 0 amide bonds. The first-order valence-corrected chi connectivity index (χ1v) is 5.43. The number of fused-ring (bicyclic) bond motifs is 1. The predicted octanol–water partition coefficient (Wildman–Crippen LogP) is 3.19. The molecule has 2 rings (SSSR count). The lowest BCUT2D eigenvalue weighted by atomic mass is 10.1. The van der Waals surface area contributed by atoms with Crippen LogP contribution in [0.1, 0.15) is 18.2 Å². The van der Waals surface area contributed by atoms with Crippen molar-refractivity contribution in [3.63, 3.8) is 0 Å². The highest BCUT2D eigenvalue weighted by Gasteiger charge is 2.13. The van der Waals surface area contributed by atoms with Crippen molar-refractivity contribution in [2.45, 2.75) is 20.3 Å². The van der Waals surface area contributed by atoms with Crippen LogP contribution in [-0.4, -0.2) is 4.98 Å². The Kier molecular flexibility index (Phi) is 2.72. The van der Waals surface area contributed by atoms with Gasteiger partial charge in [0.25, 0.3) is 5.56 Å². The van der Waals surface area contributed by atoms with Crippen LogP contribution in [0.4, 0.5) is 4.39 Å². The Labute approximate surface area is 97.1 Å². The van der Waals surface area contributed by atoms with Crippen molar-refractivity contribution in [1.82, 2.24) is 4.98 Å². The maximum atomic E-state index is 14.0. The number of aryl methyl sites for hydroxylation is 2. The van der Waals surface area contributed by atoms with Crippen LogP contribution >= 0.6 is 11.6 Å². The number of aromatic nitrogens is 1. The van der Waals surface area contributed by atoms with Gasteiger partial charge < -0.3 is 4.98 Å². The Morgan fingerprint density at radius 1 is 1.44 bits per heavy atom. The van der Waals surface area contributed by atoms with Gasteiger partial charge in [0.2, 0.25) is 0 Å². The minimum absolute atomic E-state index is 0.224. The number of nitrogens with one attached hydrogen (secondary N) is 1. The molecule has 0 aliphatic carbocycles. The van der Waals surface area contributed by atoms with Crippen LogP contribution < -0.4 is 5.56 Å². The van der Waals surface area contributed by atoms with Crippen LogP contribution in [0.15, 0.2) is 16.9 Å². The number of halogens is 2. The molecular formula is C12H11ClFNO. The molecule has 0 radical (unpaired) electrons. The lowest BCUT2D eigenvalue weighted by Crippen LogP contribution is -2.12. The summed E-state index contributed by atoms with van der Waals surface area (Å²) < 4.78 is 14.0. The fourth-order valence-electron chi connectivity index (χ4n) is 1.81. The van der Waals surface area contributed by atoms with Crippen molar-refractivity contribution in [3.8, 4) is 0 Å². The van der Waals surface area contributed by atoms with Crippen molar-refractivity contribution >= 4 is 22.4 Å². The summed E-state index contributed by atoms with van der Waals surface area (Å²) in [7, 11) is 0. The average Bonchev–Trinajstić information content (AvgIpc) is 2.22. The van der Waals surface area contributed by atoms with E-state index in [0.29, 0.717) is 17.5 Å². The Bertz CT molecular complexity index is 618. The fraction of sp³-hybridized carbons (Fsp3) is 0.250. The van der Waals surface area contributed by atoms with E-state index in [-0.39, 0.29) is 21.8 Å². The summed E-state index contributed by atoms with van der Waals surface area (Å²) in [4.78, 5) is 14.2. The summed E-state index contributed by atoms with van der Waals surface area (Å²) >= 11 is 5.95. The molecule has 1 heterocycles. The molecule has 84 valence electrons. The largest absolute Gasteiger partial charge is 0.323 e. The first kappa shape index (κ1) is 11.1. The molecule has 0 bridgehead atoms. The van der Waals surface area contributed by atoms with E-state index in [1.54, 1.807) is 19.1 Å². The van der Waals surface area contributed by atoms with Crippen LogP contribution in [0.5, 0.6) is 0 Å². The smallest absolute Gasteiger partial charge is 0.257 e. The summed E-state index contributed by atoms with van der Waals surface area (Å²) in [6.07, 6.45) is 0.447. The number of hydrogen-bond donors (Lipinski definition) is 1. The van der Waals surface area contributed by atoms with E-state index in [2.05, 4.69) is 4.98 Å². The van der Waals surface area contributed by atoms with Gasteiger partial charge in [-0.3, -0.25) is 4.79 Å². The van der Waals surface area contributed by atoms with Crippen molar-refractivity contribution in [1.29, 1.82) is 0 Å². The summed E-state index contributed by atoms with van der Waals surface area (Å²) in [5.41, 5.74) is 0.821. The molecule has 0 unspecified atom stereocenters. The van der Waals surface area contributed by atoms with Crippen molar-refractivity contribution in [2.24, 2.45) is 0 Å². The lowest BCUT2D eigenvalue weighted by molar-refractivity contribution is 0.613. The number of aromatic amines is 1. The number of H-pyrrole nitrogens is 1. The molecule has 4 heteroatoms. The molecule has 0 saturated carbocycles. The topological polar surface area (TPSA) is 32.9 Å². The Morgan fingerprint density at radius 3 is 2.75 bits per heavy atom. The zero-order chi connectivity index (χ0) is 11.9. The molecule has 0 spiro atoms. The molecule has 1 aromatic heterocycles. The minimum Gasteiger partial charge on any atom is -0.323 e. The van der Waals surface area contributed by atoms with Gasteiger partial charge in [0.05, 0.1) is 16.1 Å². The second kappa shape index (κ2) is 3.91. The summed E-state index contributed by atoms with van der Waals surface area (Å²) in [6, 6.07) is 3.30. The van der Waals surface area contributed by atoms with Crippen LogP contribution in [0.2, 0.25) is 5.02 Å². The van der Waals surface area contributed by atoms with Gasteiger partial charge in [-0.15, -0.1) is 0 Å². The number of pyridine rings is 1. The Balaban J connectivity index is 3.02. The molecule has 0 saturated heterocycles. The zero-order valence-corrected chi connectivity index (χ0v) is 9.78. The number of rotatable bonds is 1. The standard InChI is InChI=1S/C12H11ClFNO/c1-3-9-11(14)7-4-6(2)5-8(13)10(7)12(16)15-9/h4-5H,3H2,1-2H3,(H,15,16). The first-order chi connectivity index (χ1) is 7.54. The minimum atomic E-state index is -0.386. The second-order valence-electron chi connectivity index (χ2n) is 3.77. The van der Waals surface area contributed by atoms with Gasteiger partial charge >= 0.3 is 0 Å². The molecule has 1 aromatic carbocycles. The molecule has 2 nitrogen and oxygen atoms in total. The van der Waals surface area contributed by atoms with Crippen molar-refractivity contribution in [2.75, 3.05) is 0 Å². The van der Waals surface area contributed by atoms with Gasteiger partial charge in [0, 0.05) is 5.39 Å². The van der Waals surface area contributed by atoms with E-state index in [9.17, 15) is 9.18 Å². The molecule has 16 heavy (non-hydrogen) atoms. The van der Waals surface area contributed by atoms with Gasteiger partial charge in [0.15, 0.2) is 5.82 Å². The molecule has 1 N–H and O–H groups in total. The van der Waals surface area contributed by atoms with Crippen LogP contribution in [0.3, 0.4) is 0 Å². The Morgan fingerprint density at radius 2 is 2.12 bits per heavy atom. The van der Waals surface area contributed by atoms with Gasteiger partial charge in [-0.05, 0) is 31.0 Å². The van der Waals surface area contributed by atoms with Crippen LogP contribution in [-0.2, 0) is 6.42 Å². The highest BCUT2D eigenvalue weighted by atomic mass is 35.5. The maximum Gasteiger partial charge on any atom is 0.257 e. The molecule has 0 fully saturated rings. The van der Waals surface area contributed by atoms with E-state index < -0.39 is 0 Å². The molecule has 0 aliphatic heterocycles. The van der Waals surface area contributed by atoms with Crippen molar-refractivity contribution in [3.05, 3.63) is 44.6 Å². The zero-order valence-electron chi connectivity index (χ0n) is 9.03. The van der Waals surface area contributed by atoms with E-state index in [0.717, 1.165) is 5.56 Å². The van der Waals surface area contributed by atoms with E-state index >= 15 is 0 Å². The predicted molar refractivity (Wildman–Crippen MR) is 63.7 cm³/mol. The molecular weight excluding hydrogens is 229 g/mol. The monoisotopic (exact) mass is 239 g/mol. The number of hydrogen-bond acceptors (Lipinski definition) is 1. The maximum absolute atomic E-state index is 14.0. The summed E-state index contributed by atoms with van der Waals surface area (Å²) in [5, 5.41) is 0.811. The van der Waals surface area contributed by atoms with Crippen LogP contribution in [0.25, 0.3) is 10.8 Å². The van der Waals surface area contributed by atoms with E-state index in [1.165, 1.54) is 0 Å². The summed E-state index contributed by atoms with van der Waals surface area (Å²) in [6.45, 7) is 3.61. The van der Waals surface area contributed by atoms with Crippen LogP contribution in [0, 0.1) is 12.7 Å².